The van der Waals surface area contributed by atoms with Gasteiger partial charge in [-0.3, -0.25) is 0 Å². The number of hydrogen-bond donors (Lipinski definition) is 1. The van der Waals surface area contributed by atoms with Crippen molar-refractivity contribution < 1.29 is 23.7 Å². The van der Waals surface area contributed by atoms with Gasteiger partial charge in [0.05, 0.1) is 33.5 Å². The molecule has 5 rings (SSSR count). The van der Waals surface area contributed by atoms with Crippen molar-refractivity contribution in [2.24, 2.45) is 0 Å². The first kappa shape index (κ1) is 33.2. The molecule has 238 valence electrons. The molecule has 0 fully saturated rings. The Hall–Kier alpha value is -4.20. The van der Waals surface area contributed by atoms with E-state index in [0.717, 1.165) is 38.6 Å². The van der Waals surface area contributed by atoms with Crippen LogP contribution in [0.15, 0.2) is 140 Å². The summed E-state index contributed by atoms with van der Waals surface area (Å²) in [7, 11) is 0.355. The van der Waals surface area contributed by atoms with Gasteiger partial charge >= 0.3 is 0 Å². The van der Waals surface area contributed by atoms with E-state index in [1.807, 2.05) is 78.9 Å². The Morgan fingerprint density at radius 1 is 0.565 bits per heavy atom. The Labute approximate surface area is 274 Å². The number of rotatable bonds is 13. The summed E-state index contributed by atoms with van der Waals surface area (Å²) in [5.41, 5.74) is 1.77. The fourth-order valence-electron chi connectivity index (χ4n) is 6.36. The second kappa shape index (κ2) is 14.5. The molecular weight excluding hydrogens is 589 g/mol. The maximum absolute atomic E-state index is 11.0. The van der Waals surface area contributed by atoms with E-state index in [4.69, 9.17) is 18.6 Å². The molecule has 0 heterocycles. The number of methoxy groups -OCH3 is 2. The standard InChI is InChI=1S/C40H44O5Si/c1-39(2,3)46(37-17-11-7-12-18-37,38-19-13-8-14-20-38)45-36(29-41)30-44-40(31-15-9-6-10-16-31,32-21-25-34(42-4)26-22-32)33-23-27-35(43-5)28-24-33/h6-28,36,41H,29-30H2,1-5H3/t36-/m0/s1. The van der Waals surface area contributed by atoms with Gasteiger partial charge in [-0.15, -0.1) is 0 Å². The van der Waals surface area contributed by atoms with Gasteiger partial charge < -0.3 is 23.7 Å². The molecule has 5 aromatic rings. The topological polar surface area (TPSA) is 57.2 Å². The average molecular weight is 633 g/mol. The molecule has 0 aliphatic carbocycles. The molecule has 0 saturated carbocycles. The van der Waals surface area contributed by atoms with Crippen LogP contribution >= 0.6 is 0 Å². The van der Waals surface area contributed by atoms with Gasteiger partial charge in [0.2, 0.25) is 0 Å². The highest BCUT2D eigenvalue weighted by molar-refractivity contribution is 6.99. The van der Waals surface area contributed by atoms with Crippen molar-refractivity contribution in [3.8, 4) is 11.5 Å². The van der Waals surface area contributed by atoms with Gasteiger partial charge in [-0.05, 0) is 56.4 Å². The SMILES string of the molecule is COc1ccc(C(OC[C@H](CO)O[Si](c2ccccc2)(c2ccccc2)C(C)(C)C)(c2ccccc2)c2ccc(OC)cc2)cc1. The fraction of sp³-hybridized carbons (Fsp3) is 0.250. The van der Waals surface area contributed by atoms with Crippen LogP contribution in [0.2, 0.25) is 5.04 Å². The monoisotopic (exact) mass is 632 g/mol. The lowest BCUT2D eigenvalue weighted by molar-refractivity contribution is -0.0468. The van der Waals surface area contributed by atoms with Gasteiger partial charge in [0.1, 0.15) is 17.1 Å². The van der Waals surface area contributed by atoms with E-state index in [1.54, 1.807) is 14.2 Å². The van der Waals surface area contributed by atoms with Crippen molar-refractivity contribution in [3.05, 3.63) is 156 Å². The van der Waals surface area contributed by atoms with Gasteiger partial charge in [0.25, 0.3) is 8.32 Å². The summed E-state index contributed by atoms with van der Waals surface area (Å²) in [5, 5.41) is 13.0. The van der Waals surface area contributed by atoms with Gasteiger partial charge in [0.15, 0.2) is 0 Å². The quantitative estimate of drug-likeness (QED) is 0.113. The first-order valence-corrected chi connectivity index (χ1v) is 17.6. The van der Waals surface area contributed by atoms with Crippen LogP contribution in [0, 0.1) is 0 Å². The molecule has 0 saturated heterocycles. The number of aliphatic hydroxyl groups excluding tert-OH is 1. The predicted octanol–water partition coefficient (Wildman–Crippen LogP) is 6.95. The molecule has 0 unspecified atom stereocenters. The molecule has 0 spiro atoms. The Morgan fingerprint density at radius 3 is 1.33 bits per heavy atom. The summed E-state index contributed by atoms with van der Waals surface area (Å²) in [6.45, 7) is 6.63. The summed E-state index contributed by atoms with van der Waals surface area (Å²) in [5.74, 6) is 1.51. The zero-order chi connectivity index (χ0) is 32.6. The van der Waals surface area contributed by atoms with Gasteiger partial charge in [-0.25, -0.2) is 0 Å². The lowest BCUT2D eigenvalue weighted by Gasteiger charge is -2.45. The number of ether oxygens (including phenoxy) is 3. The Balaban J connectivity index is 1.64. The Kier molecular flexibility index (Phi) is 10.4. The van der Waals surface area contributed by atoms with Gasteiger partial charge in [-0.2, -0.15) is 0 Å². The van der Waals surface area contributed by atoms with Crippen LogP contribution in [-0.2, 0) is 14.8 Å². The highest BCUT2D eigenvalue weighted by atomic mass is 28.4. The summed E-state index contributed by atoms with van der Waals surface area (Å²) in [4.78, 5) is 0. The molecule has 1 atom stereocenters. The van der Waals surface area contributed by atoms with E-state index in [9.17, 15) is 5.11 Å². The minimum atomic E-state index is -2.97. The second-order valence-electron chi connectivity index (χ2n) is 12.4. The van der Waals surface area contributed by atoms with Crippen LogP contribution in [0.25, 0.3) is 0 Å². The normalized spacial score (nSPS) is 12.8. The first-order valence-electron chi connectivity index (χ1n) is 15.7. The van der Waals surface area contributed by atoms with E-state index in [0.29, 0.717) is 0 Å². The Bertz CT molecular complexity index is 1550. The van der Waals surface area contributed by atoms with Crippen molar-refractivity contribution in [2.45, 2.75) is 37.5 Å². The molecule has 0 aliphatic rings. The van der Waals surface area contributed by atoms with Crippen molar-refractivity contribution in [3.63, 3.8) is 0 Å². The van der Waals surface area contributed by atoms with E-state index >= 15 is 0 Å². The summed E-state index contributed by atoms with van der Waals surface area (Å²) < 4.78 is 25.5. The third-order valence-corrected chi connectivity index (χ3v) is 13.7. The van der Waals surface area contributed by atoms with Crippen LogP contribution in [-0.4, -0.2) is 47.0 Å². The van der Waals surface area contributed by atoms with Crippen LogP contribution in [0.3, 0.4) is 0 Å². The number of benzene rings is 5. The molecule has 5 aromatic carbocycles. The lowest BCUT2D eigenvalue weighted by Crippen LogP contribution is -2.68. The molecule has 0 radical (unpaired) electrons. The molecule has 0 aromatic heterocycles. The zero-order valence-electron chi connectivity index (χ0n) is 27.4. The first-order chi connectivity index (χ1) is 22.3. The average Bonchev–Trinajstić information content (AvgIpc) is 3.11. The predicted molar refractivity (Wildman–Crippen MR) is 188 cm³/mol. The number of aliphatic hydroxyl groups is 1. The third-order valence-electron chi connectivity index (χ3n) is 8.62. The summed E-state index contributed by atoms with van der Waals surface area (Å²) in [6.07, 6.45) is -0.620. The van der Waals surface area contributed by atoms with Crippen LogP contribution in [0.5, 0.6) is 11.5 Å². The van der Waals surface area contributed by atoms with E-state index in [1.165, 1.54) is 0 Å². The van der Waals surface area contributed by atoms with E-state index in [2.05, 4.69) is 81.4 Å². The van der Waals surface area contributed by atoms with Crippen molar-refractivity contribution in [1.29, 1.82) is 0 Å². The zero-order valence-corrected chi connectivity index (χ0v) is 28.4. The molecule has 1 N–H and O–H groups in total. The minimum absolute atomic E-state index is 0.133. The van der Waals surface area contributed by atoms with Gasteiger partial charge in [0, 0.05) is 0 Å². The molecule has 5 nitrogen and oxygen atoms in total. The van der Waals surface area contributed by atoms with Crippen LogP contribution in [0.4, 0.5) is 0 Å². The van der Waals surface area contributed by atoms with Crippen molar-refractivity contribution in [2.75, 3.05) is 27.4 Å². The summed E-state index contributed by atoms with van der Waals surface area (Å²) in [6, 6.07) is 47.0. The molecular formula is C40H44O5Si. The van der Waals surface area contributed by atoms with E-state index < -0.39 is 20.0 Å². The van der Waals surface area contributed by atoms with Gasteiger partial charge in [-0.1, -0.05) is 136 Å². The number of hydrogen-bond acceptors (Lipinski definition) is 5. The Morgan fingerprint density at radius 2 is 0.957 bits per heavy atom. The maximum Gasteiger partial charge on any atom is 0.261 e. The maximum atomic E-state index is 11.0. The van der Waals surface area contributed by atoms with Crippen molar-refractivity contribution >= 4 is 18.7 Å². The van der Waals surface area contributed by atoms with Crippen LogP contribution < -0.4 is 19.8 Å². The largest absolute Gasteiger partial charge is 0.497 e. The lowest BCUT2D eigenvalue weighted by atomic mass is 9.80. The molecule has 0 aliphatic heterocycles. The molecule has 0 bridgehead atoms. The molecule has 6 heteroatoms. The minimum Gasteiger partial charge on any atom is -0.497 e. The highest BCUT2D eigenvalue weighted by Crippen LogP contribution is 2.43. The fourth-order valence-corrected chi connectivity index (χ4v) is 11.0. The van der Waals surface area contributed by atoms with Crippen LogP contribution in [0.1, 0.15) is 37.5 Å². The van der Waals surface area contributed by atoms with E-state index in [-0.39, 0.29) is 18.3 Å². The second-order valence-corrected chi connectivity index (χ2v) is 16.7. The molecule has 46 heavy (non-hydrogen) atoms. The third kappa shape index (κ3) is 6.53. The van der Waals surface area contributed by atoms with Crippen molar-refractivity contribution in [1.82, 2.24) is 0 Å². The summed E-state index contributed by atoms with van der Waals surface area (Å²) >= 11 is 0. The highest BCUT2D eigenvalue weighted by Gasteiger charge is 2.52. The smallest absolute Gasteiger partial charge is 0.261 e. The molecule has 0 amide bonds.